The fourth-order valence-electron chi connectivity index (χ4n) is 1.64. The van der Waals surface area contributed by atoms with E-state index >= 15 is 0 Å². The summed E-state index contributed by atoms with van der Waals surface area (Å²) in [7, 11) is 0. The molecule has 1 rings (SSSR count). The van der Waals surface area contributed by atoms with Gasteiger partial charge in [0.25, 0.3) is 0 Å². The number of phenolic OH excluding ortho intramolecular Hbond substituents is 1. The average Bonchev–Trinajstić information content (AvgIpc) is 2.20. The molecule has 1 atom stereocenters. The largest absolute Gasteiger partial charge is 0.508 e. The maximum atomic E-state index is 12.8. The lowest BCUT2D eigenvalue weighted by molar-refractivity contribution is -0.138. The Labute approximate surface area is 97.7 Å². The predicted octanol–water partition coefficient (Wildman–Crippen LogP) is 2.83. The van der Waals surface area contributed by atoms with Crippen LogP contribution in [0, 0.1) is 13.8 Å². The fraction of sp³-hybridized carbons (Fsp3) is 0.417. The third kappa shape index (κ3) is 3.15. The highest BCUT2D eigenvalue weighted by molar-refractivity contribution is 5.68. The van der Waals surface area contributed by atoms with Gasteiger partial charge in [-0.25, -0.2) is 8.78 Å². The fourth-order valence-corrected chi connectivity index (χ4v) is 1.64. The molecule has 0 fully saturated rings. The van der Waals surface area contributed by atoms with Gasteiger partial charge in [0, 0.05) is 5.56 Å². The SMILES string of the molecule is Cc1cc(O)c(C(CC(=O)O)C(F)F)cc1C. The zero-order valence-electron chi connectivity index (χ0n) is 9.58. The van der Waals surface area contributed by atoms with E-state index in [-0.39, 0.29) is 11.3 Å². The van der Waals surface area contributed by atoms with E-state index in [4.69, 9.17) is 5.11 Å². The Morgan fingerprint density at radius 3 is 2.29 bits per heavy atom. The number of phenols is 1. The van der Waals surface area contributed by atoms with Gasteiger partial charge in [-0.2, -0.15) is 0 Å². The summed E-state index contributed by atoms with van der Waals surface area (Å²) >= 11 is 0. The summed E-state index contributed by atoms with van der Waals surface area (Å²) in [5.41, 5.74) is 1.51. The Hall–Kier alpha value is -1.65. The molecule has 0 aliphatic carbocycles. The van der Waals surface area contributed by atoms with Crippen molar-refractivity contribution in [3.63, 3.8) is 0 Å². The number of alkyl halides is 2. The van der Waals surface area contributed by atoms with Crippen molar-refractivity contribution in [2.75, 3.05) is 0 Å². The lowest BCUT2D eigenvalue weighted by atomic mass is 9.92. The molecule has 0 saturated heterocycles. The number of carbonyl (C=O) groups is 1. The highest BCUT2D eigenvalue weighted by Crippen LogP contribution is 2.34. The molecule has 0 spiro atoms. The summed E-state index contributed by atoms with van der Waals surface area (Å²) in [5, 5.41) is 18.2. The van der Waals surface area contributed by atoms with Gasteiger partial charge in [0.05, 0.1) is 12.3 Å². The third-order valence-electron chi connectivity index (χ3n) is 2.74. The summed E-state index contributed by atoms with van der Waals surface area (Å²) in [5.74, 6) is -3.07. The number of hydrogen-bond donors (Lipinski definition) is 2. The Balaban J connectivity index is 3.18. The van der Waals surface area contributed by atoms with Crippen LogP contribution in [0.25, 0.3) is 0 Å². The van der Waals surface area contributed by atoms with E-state index in [1.54, 1.807) is 13.8 Å². The van der Waals surface area contributed by atoms with Crippen molar-refractivity contribution in [2.24, 2.45) is 0 Å². The van der Waals surface area contributed by atoms with E-state index in [1.165, 1.54) is 12.1 Å². The minimum atomic E-state index is -2.82. The lowest BCUT2D eigenvalue weighted by Crippen LogP contribution is -2.14. The number of benzene rings is 1. The molecule has 3 nitrogen and oxygen atoms in total. The second-order valence-electron chi connectivity index (χ2n) is 4.03. The van der Waals surface area contributed by atoms with Crippen molar-refractivity contribution in [3.8, 4) is 5.75 Å². The van der Waals surface area contributed by atoms with Crippen LogP contribution in [0.5, 0.6) is 5.75 Å². The van der Waals surface area contributed by atoms with Gasteiger partial charge < -0.3 is 10.2 Å². The summed E-state index contributed by atoms with van der Waals surface area (Å²) < 4.78 is 25.6. The molecular formula is C12H14F2O3. The number of carboxylic acids is 1. The van der Waals surface area contributed by atoms with Crippen LogP contribution in [0.2, 0.25) is 0 Å². The summed E-state index contributed by atoms with van der Waals surface area (Å²) in [6.45, 7) is 3.47. The van der Waals surface area contributed by atoms with Gasteiger partial charge in [-0.15, -0.1) is 0 Å². The molecule has 2 N–H and O–H groups in total. The molecule has 17 heavy (non-hydrogen) atoms. The molecule has 1 aromatic carbocycles. The Morgan fingerprint density at radius 2 is 1.82 bits per heavy atom. The maximum Gasteiger partial charge on any atom is 0.304 e. The minimum Gasteiger partial charge on any atom is -0.508 e. The van der Waals surface area contributed by atoms with E-state index < -0.39 is 24.7 Å². The van der Waals surface area contributed by atoms with Gasteiger partial charge in [0.2, 0.25) is 6.43 Å². The van der Waals surface area contributed by atoms with Crippen LogP contribution in [0.15, 0.2) is 12.1 Å². The van der Waals surface area contributed by atoms with Crippen LogP contribution in [-0.4, -0.2) is 22.6 Å². The Bertz CT molecular complexity index is 430. The van der Waals surface area contributed by atoms with Gasteiger partial charge in [0.15, 0.2) is 0 Å². The van der Waals surface area contributed by atoms with Crippen molar-refractivity contribution in [1.29, 1.82) is 0 Å². The zero-order chi connectivity index (χ0) is 13.2. The molecule has 0 aliphatic heterocycles. The maximum absolute atomic E-state index is 12.8. The minimum absolute atomic E-state index is 0.00880. The number of rotatable bonds is 4. The normalized spacial score (nSPS) is 12.8. The van der Waals surface area contributed by atoms with Crippen molar-refractivity contribution >= 4 is 5.97 Å². The molecule has 0 radical (unpaired) electrons. The first-order valence-electron chi connectivity index (χ1n) is 5.13. The summed E-state index contributed by atoms with van der Waals surface area (Å²) in [6.07, 6.45) is -3.52. The smallest absolute Gasteiger partial charge is 0.304 e. The van der Waals surface area contributed by atoms with Crippen molar-refractivity contribution in [2.45, 2.75) is 32.6 Å². The first kappa shape index (κ1) is 13.4. The standard InChI is InChI=1S/C12H14F2O3/c1-6-3-8(10(15)4-7(6)2)9(12(13)14)5-11(16)17/h3-4,9,12,15H,5H2,1-2H3,(H,16,17). The van der Waals surface area contributed by atoms with Crippen LogP contribution in [0.3, 0.4) is 0 Å². The van der Waals surface area contributed by atoms with Crippen molar-refractivity contribution in [1.82, 2.24) is 0 Å². The second kappa shape index (κ2) is 5.12. The van der Waals surface area contributed by atoms with Gasteiger partial charge in [-0.05, 0) is 31.0 Å². The molecule has 0 heterocycles. The number of aliphatic carboxylic acids is 1. The molecule has 0 saturated carbocycles. The molecule has 1 unspecified atom stereocenters. The molecule has 94 valence electrons. The lowest BCUT2D eigenvalue weighted by Gasteiger charge is -2.17. The highest BCUT2D eigenvalue weighted by Gasteiger charge is 2.28. The second-order valence-corrected chi connectivity index (χ2v) is 4.03. The van der Waals surface area contributed by atoms with E-state index in [9.17, 15) is 18.7 Å². The van der Waals surface area contributed by atoms with Crippen LogP contribution in [0.1, 0.15) is 29.0 Å². The van der Waals surface area contributed by atoms with Crippen LogP contribution in [0.4, 0.5) is 8.78 Å². The Morgan fingerprint density at radius 1 is 1.29 bits per heavy atom. The third-order valence-corrected chi connectivity index (χ3v) is 2.74. The first-order chi connectivity index (χ1) is 7.82. The molecule has 0 aromatic heterocycles. The van der Waals surface area contributed by atoms with Gasteiger partial charge >= 0.3 is 5.97 Å². The monoisotopic (exact) mass is 244 g/mol. The first-order valence-corrected chi connectivity index (χ1v) is 5.13. The number of aromatic hydroxyl groups is 1. The van der Waals surface area contributed by atoms with Crippen LogP contribution < -0.4 is 0 Å². The number of aryl methyl sites for hydroxylation is 2. The van der Waals surface area contributed by atoms with E-state index in [1.807, 2.05) is 0 Å². The van der Waals surface area contributed by atoms with Crippen LogP contribution in [-0.2, 0) is 4.79 Å². The van der Waals surface area contributed by atoms with Gasteiger partial charge in [0.1, 0.15) is 5.75 Å². The van der Waals surface area contributed by atoms with Gasteiger partial charge in [-0.3, -0.25) is 4.79 Å². The number of halogens is 2. The van der Waals surface area contributed by atoms with E-state index in [0.29, 0.717) is 0 Å². The number of carboxylic acid groups (broad SMARTS) is 1. The molecule has 0 amide bonds. The molecule has 5 heteroatoms. The molecular weight excluding hydrogens is 230 g/mol. The molecule has 1 aromatic rings. The summed E-state index contributed by atoms with van der Waals surface area (Å²) in [6, 6.07) is 2.80. The highest BCUT2D eigenvalue weighted by atomic mass is 19.3. The van der Waals surface area contributed by atoms with E-state index in [2.05, 4.69) is 0 Å². The topological polar surface area (TPSA) is 57.5 Å². The van der Waals surface area contributed by atoms with Crippen LogP contribution >= 0.6 is 0 Å². The van der Waals surface area contributed by atoms with Gasteiger partial charge in [-0.1, -0.05) is 6.07 Å². The predicted molar refractivity (Wildman–Crippen MR) is 58.6 cm³/mol. The van der Waals surface area contributed by atoms with Crippen molar-refractivity contribution < 1.29 is 23.8 Å². The average molecular weight is 244 g/mol. The Kier molecular flexibility index (Phi) is 4.04. The van der Waals surface area contributed by atoms with E-state index in [0.717, 1.165) is 11.1 Å². The summed E-state index contributed by atoms with van der Waals surface area (Å²) in [4.78, 5) is 10.5. The van der Waals surface area contributed by atoms with Crippen molar-refractivity contribution in [3.05, 3.63) is 28.8 Å². The molecule has 0 bridgehead atoms. The molecule has 0 aliphatic rings. The quantitative estimate of drug-likeness (QED) is 0.856. The zero-order valence-corrected chi connectivity index (χ0v) is 9.58. The number of hydrogen-bond acceptors (Lipinski definition) is 2.